The number of halogens is 2. The molecule has 0 aliphatic heterocycles. The number of anilines is 1. The molecule has 0 amide bonds. The van der Waals surface area contributed by atoms with E-state index >= 15 is 0 Å². The van der Waals surface area contributed by atoms with Gasteiger partial charge >= 0.3 is 0 Å². The molecule has 20 heavy (non-hydrogen) atoms. The molecular formula is C16H12Cl2N2. The van der Waals surface area contributed by atoms with Gasteiger partial charge in [-0.25, -0.2) is 0 Å². The molecule has 1 N–H and O–H groups in total. The van der Waals surface area contributed by atoms with E-state index in [0.717, 1.165) is 22.3 Å². The molecular weight excluding hydrogens is 291 g/mol. The number of benzene rings is 2. The van der Waals surface area contributed by atoms with Crippen molar-refractivity contribution in [3.63, 3.8) is 0 Å². The van der Waals surface area contributed by atoms with Crippen molar-refractivity contribution in [1.29, 1.82) is 0 Å². The van der Waals surface area contributed by atoms with Crippen LogP contribution in [0.5, 0.6) is 0 Å². The molecule has 2 nitrogen and oxygen atoms in total. The summed E-state index contributed by atoms with van der Waals surface area (Å²) in [6, 6.07) is 17.7. The molecule has 1 aromatic heterocycles. The summed E-state index contributed by atoms with van der Waals surface area (Å²) >= 11 is 11.9. The fourth-order valence-corrected chi connectivity index (χ4v) is 2.30. The second-order valence-corrected chi connectivity index (χ2v) is 5.29. The van der Waals surface area contributed by atoms with E-state index in [2.05, 4.69) is 22.4 Å². The van der Waals surface area contributed by atoms with Crippen LogP contribution in [0.1, 0.15) is 5.69 Å². The van der Waals surface area contributed by atoms with Gasteiger partial charge in [0, 0.05) is 11.1 Å². The third kappa shape index (κ3) is 2.87. The first-order valence-corrected chi connectivity index (χ1v) is 7.01. The van der Waals surface area contributed by atoms with Crippen LogP contribution in [0.3, 0.4) is 0 Å². The molecule has 0 saturated heterocycles. The second-order valence-electron chi connectivity index (χ2n) is 4.48. The van der Waals surface area contributed by atoms with Crippen LogP contribution in [0.2, 0.25) is 10.0 Å². The Hall–Kier alpha value is -1.77. The van der Waals surface area contributed by atoms with E-state index in [1.165, 1.54) is 0 Å². The van der Waals surface area contributed by atoms with Crippen molar-refractivity contribution >= 4 is 39.8 Å². The molecule has 3 aromatic rings. The maximum atomic E-state index is 5.99. The van der Waals surface area contributed by atoms with E-state index in [4.69, 9.17) is 23.2 Å². The molecule has 0 aliphatic carbocycles. The van der Waals surface area contributed by atoms with Crippen LogP contribution < -0.4 is 5.32 Å². The largest absolute Gasteiger partial charge is 0.379 e. The third-order valence-corrected chi connectivity index (χ3v) is 3.79. The van der Waals surface area contributed by atoms with E-state index in [-0.39, 0.29) is 0 Å². The van der Waals surface area contributed by atoms with Gasteiger partial charge in [-0.05, 0) is 30.3 Å². The monoisotopic (exact) mass is 302 g/mol. The second kappa shape index (κ2) is 5.70. The van der Waals surface area contributed by atoms with Gasteiger partial charge in [-0.1, -0.05) is 47.5 Å². The summed E-state index contributed by atoms with van der Waals surface area (Å²) in [7, 11) is 0. The number of pyridine rings is 1. The van der Waals surface area contributed by atoms with Crippen LogP contribution in [-0.2, 0) is 6.54 Å². The topological polar surface area (TPSA) is 24.9 Å². The summed E-state index contributed by atoms with van der Waals surface area (Å²) in [4.78, 5) is 4.61. The van der Waals surface area contributed by atoms with Crippen LogP contribution >= 0.6 is 23.2 Å². The van der Waals surface area contributed by atoms with Gasteiger partial charge in [0.25, 0.3) is 0 Å². The zero-order valence-electron chi connectivity index (χ0n) is 10.6. The molecule has 0 radical (unpaired) electrons. The van der Waals surface area contributed by atoms with E-state index < -0.39 is 0 Å². The Kier molecular flexibility index (Phi) is 3.77. The first-order valence-electron chi connectivity index (χ1n) is 6.26. The summed E-state index contributed by atoms with van der Waals surface area (Å²) in [5.74, 6) is 0. The molecule has 0 bridgehead atoms. The molecule has 0 spiro atoms. The van der Waals surface area contributed by atoms with E-state index in [9.17, 15) is 0 Å². The summed E-state index contributed by atoms with van der Waals surface area (Å²) < 4.78 is 0. The zero-order chi connectivity index (χ0) is 13.9. The summed E-state index contributed by atoms with van der Waals surface area (Å²) in [5.41, 5.74) is 2.91. The molecule has 0 saturated carbocycles. The van der Waals surface area contributed by atoms with Crippen LogP contribution in [0.4, 0.5) is 5.69 Å². The first-order chi connectivity index (χ1) is 9.72. The quantitative estimate of drug-likeness (QED) is 0.723. The van der Waals surface area contributed by atoms with Crippen LogP contribution in [0.15, 0.2) is 54.6 Å². The molecule has 0 fully saturated rings. The number of para-hydroxylation sites is 1. The maximum Gasteiger partial charge on any atom is 0.0706 e. The molecule has 3 rings (SSSR count). The van der Waals surface area contributed by atoms with E-state index in [1.54, 1.807) is 6.07 Å². The van der Waals surface area contributed by atoms with Crippen molar-refractivity contribution in [1.82, 2.24) is 4.98 Å². The lowest BCUT2D eigenvalue weighted by Gasteiger charge is -2.08. The minimum Gasteiger partial charge on any atom is -0.379 e. The molecule has 0 unspecified atom stereocenters. The number of aromatic nitrogens is 1. The molecule has 4 heteroatoms. The van der Waals surface area contributed by atoms with Crippen molar-refractivity contribution in [3.05, 3.63) is 70.3 Å². The maximum absolute atomic E-state index is 5.99. The number of hydrogen-bond acceptors (Lipinski definition) is 2. The Morgan fingerprint density at radius 1 is 0.900 bits per heavy atom. The molecule has 0 aliphatic rings. The van der Waals surface area contributed by atoms with Gasteiger partial charge in [0.2, 0.25) is 0 Å². The smallest absolute Gasteiger partial charge is 0.0706 e. The lowest BCUT2D eigenvalue weighted by Crippen LogP contribution is -2.01. The lowest BCUT2D eigenvalue weighted by atomic mass is 10.2. The van der Waals surface area contributed by atoms with E-state index in [1.807, 2.05) is 36.4 Å². The van der Waals surface area contributed by atoms with Crippen LogP contribution in [0.25, 0.3) is 10.9 Å². The summed E-state index contributed by atoms with van der Waals surface area (Å²) in [5, 5.41) is 5.53. The van der Waals surface area contributed by atoms with Gasteiger partial charge < -0.3 is 5.32 Å². The minimum atomic E-state index is 0.545. The third-order valence-electron chi connectivity index (χ3n) is 3.05. The highest BCUT2D eigenvalue weighted by molar-refractivity contribution is 6.42. The highest BCUT2D eigenvalue weighted by Crippen LogP contribution is 2.25. The number of hydrogen-bond donors (Lipinski definition) is 1. The fourth-order valence-electron chi connectivity index (χ4n) is 2.01. The Labute approximate surface area is 127 Å². The average Bonchev–Trinajstić information content (AvgIpc) is 2.48. The Morgan fingerprint density at radius 2 is 1.75 bits per heavy atom. The number of nitrogens with one attached hydrogen (secondary N) is 1. The standard InChI is InChI=1S/C16H12Cl2N2/c17-14-8-7-12(9-15(14)18)19-10-13-6-5-11-3-1-2-4-16(11)20-13/h1-9,19H,10H2. The molecule has 0 atom stereocenters. The van der Waals surface area contributed by atoms with Crippen molar-refractivity contribution < 1.29 is 0 Å². The van der Waals surface area contributed by atoms with Crippen LogP contribution in [-0.4, -0.2) is 4.98 Å². The van der Waals surface area contributed by atoms with Gasteiger partial charge in [-0.15, -0.1) is 0 Å². The average molecular weight is 303 g/mol. The van der Waals surface area contributed by atoms with Crippen molar-refractivity contribution in [2.45, 2.75) is 6.54 Å². The SMILES string of the molecule is Clc1ccc(NCc2ccc3ccccc3n2)cc1Cl. The summed E-state index contributed by atoms with van der Waals surface area (Å²) in [6.07, 6.45) is 0. The number of nitrogens with zero attached hydrogens (tertiary/aromatic N) is 1. The predicted octanol–water partition coefficient (Wildman–Crippen LogP) is 5.15. The Balaban J connectivity index is 1.77. The van der Waals surface area contributed by atoms with Crippen LogP contribution in [0, 0.1) is 0 Å². The van der Waals surface area contributed by atoms with Crippen molar-refractivity contribution in [3.8, 4) is 0 Å². The Morgan fingerprint density at radius 3 is 2.60 bits per heavy atom. The first kappa shape index (κ1) is 13.2. The fraction of sp³-hybridized carbons (Fsp3) is 0.0625. The highest BCUT2D eigenvalue weighted by Gasteiger charge is 2.01. The van der Waals surface area contributed by atoms with Crippen molar-refractivity contribution in [2.24, 2.45) is 0 Å². The highest BCUT2D eigenvalue weighted by atomic mass is 35.5. The van der Waals surface area contributed by atoms with Gasteiger partial charge in [-0.2, -0.15) is 0 Å². The lowest BCUT2D eigenvalue weighted by molar-refractivity contribution is 1.07. The van der Waals surface area contributed by atoms with E-state index in [0.29, 0.717) is 16.6 Å². The number of rotatable bonds is 3. The van der Waals surface area contributed by atoms with Gasteiger partial charge in [0.15, 0.2) is 0 Å². The van der Waals surface area contributed by atoms with Gasteiger partial charge in [0.05, 0.1) is 27.8 Å². The predicted molar refractivity (Wildman–Crippen MR) is 85.5 cm³/mol. The number of fused-ring (bicyclic) bond motifs is 1. The molecule has 2 aromatic carbocycles. The zero-order valence-corrected chi connectivity index (χ0v) is 12.1. The normalized spacial score (nSPS) is 10.7. The molecule has 1 heterocycles. The van der Waals surface area contributed by atoms with Crippen molar-refractivity contribution in [2.75, 3.05) is 5.32 Å². The Bertz CT molecular complexity index is 756. The molecule has 100 valence electrons. The van der Waals surface area contributed by atoms with Gasteiger partial charge in [0.1, 0.15) is 0 Å². The summed E-state index contributed by atoms with van der Waals surface area (Å²) in [6.45, 7) is 0.642. The van der Waals surface area contributed by atoms with Gasteiger partial charge in [-0.3, -0.25) is 4.98 Å². The minimum absolute atomic E-state index is 0.545.